The largest absolute Gasteiger partial charge is 0.480 e. The Bertz CT molecular complexity index is 775. The van der Waals surface area contributed by atoms with Crippen molar-refractivity contribution in [2.24, 2.45) is 0 Å². The highest BCUT2D eigenvalue weighted by atomic mass is 35.5. The van der Waals surface area contributed by atoms with Gasteiger partial charge in [-0.3, -0.25) is 9.69 Å². The van der Waals surface area contributed by atoms with Crippen molar-refractivity contribution in [3.63, 3.8) is 0 Å². The maximum atomic E-state index is 13.2. The van der Waals surface area contributed by atoms with Gasteiger partial charge in [0.15, 0.2) is 0 Å². The SMILES string of the molecule is Cl.O=C(O)[C@H]1CCCN1Cc1nn(-c2ccc(F)cc2)c2c1CCC2. The molecule has 1 aromatic heterocycles. The third kappa shape index (κ3) is 3.28. The number of nitrogens with zero attached hydrogens (tertiary/aromatic N) is 3. The van der Waals surface area contributed by atoms with Crippen molar-refractivity contribution >= 4 is 18.4 Å². The van der Waals surface area contributed by atoms with Crippen LogP contribution in [0.2, 0.25) is 0 Å². The normalized spacial score (nSPS) is 19.6. The minimum absolute atomic E-state index is 0. The first-order valence-electron chi connectivity index (χ1n) is 8.46. The highest BCUT2D eigenvalue weighted by Gasteiger charge is 2.32. The van der Waals surface area contributed by atoms with E-state index in [0.29, 0.717) is 13.0 Å². The molecule has 1 aliphatic carbocycles. The second kappa shape index (κ2) is 7.14. The second-order valence-corrected chi connectivity index (χ2v) is 6.58. The first kappa shape index (κ1) is 17.9. The van der Waals surface area contributed by atoms with Crippen LogP contribution in [0.3, 0.4) is 0 Å². The summed E-state index contributed by atoms with van der Waals surface area (Å²) < 4.78 is 15.1. The molecule has 0 saturated carbocycles. The van der Waals surface area contributed by atoms with Gasteiger partial charge in [-0.05, 0) is 68.5 Å². The maximum absolute atomic E-state index is 13.2. The number of benzene rings is 1. The Hall–Kier alpha value is -1.92. The number of carbonyl (C=O) groups is 1. The quantitative estimate of drug-likeness (QED) is 0.905. The Morgan fingerprint density at radius 1 is 1.24 bits per heavy atom. The van der Waals surface area contributed by atoms with Crippen LogP contribution in [0.4, 0.5) is 4.39 Å². The van der Waals surface area contributed by atoms with Crippen molar-refractivity contribution in [3.05, 3.63) is 47.0 Å². The molecule has 1 N–H and O–H groups in total. The number of fused-ring (bicyclic) bond motifs is 1. The number of halogens is 2. The molecular weight excluding hydrogens is 345 g/mol. The second-order valence-electron chi connectivity index (χ2n) is 6.58. The van der Waals surface area contributed by atoms with Gasteiger partial charge in [-0.15, -0.1) is 12.4 Å². The Morgan fingerprint density at radius 3 is 2.72 bits per heavy atom. The summed E-state index contributed by atoms with van der Waals surface area (Å²) in [5.74, 6) is -1.01. The molecule has 0 spiro atoms. The number of aromatic nitrogens is 2. The monoisotopic (exact) mass is 365 g/mol. The van der Waals surface area contributed by atoms with E-state index >= 15 is 0 Å². The summed E-state index contributed by atoms with van der Waals surface area (Å²) in [6.45, 7) is 1.38. The Balaban J connectivity index is 0.00000182. The maximum Gasteiger partial charge on any atom is 0.320 e. The summed E-state index contributed by atoms with van der Waals surface area (Å²) in [4.78, 5) is 13.4. The van der Waals surface area contributed by atoms with Crippen LogP contribution in [0.15, 0.2) is 24.3 Å². The lowest BCUT2D eigenvalue weighted by molar-refractivity contribution is -0.142. The summed E-state index contributed by atoms with van der Waals surface area (Å²) in [6, 6.07) is 5.96. The van der Waals surface area contributed by atoms with E-state index in [1.54, 1.807) is 12.1 Å². The minimum Gasteiger partial charge on any atom is -0.480 e. The molecule has 0 bridgehead atoms. The zero-order chi connectivity index (χ0) is 16.7. The van der Waals surface area contributed by atoms with Crippen molar-refractivity contribution < 1.29 is 14.3 Å². The molecule has 1 aliphatic heterocycles. The van der Waals surface area contributed by atoms with Crippen LogP contribution in [0, 0.1) is 5.82 Å². The van der Waals surface area contributed by atoms with Crippen LogP contribution in [0.25, 0.3) is 5.69 Å². The first-order valence-corrected chi connectivity index (χ1v) is 8.46. The van der Waals surface area contributed by atoms with Crippen LogP contribution >= 0.6 is 12.4 Å². The lowest BCUT2D eigenvalue weighted by Gasteiger charge is -2.20. The predicted octanol–water partition coefficient (Wildman–Crippen LogP) is 2.97. The topological polar surface area (TPSA) is 58.4 Å². The van der Waals surface area contributed by atoms with E-state index in [1.165, 1.54) is 23.4 Å². The van der Waals surface area contributed by atoms with Crippen LogP contribution in [0.1, 0.15) is 36.2 Å². The summed E-state index contributed by atoms with van der Waals surface area (Å²) in [6.07, 6.45) is 4.65. The number of carboxylic acid groups (broad SMARTS) is 1. The van der Waals surface area contributed by atoms with Gasteiger partial charge < -0.3 is 5.11 Å². The number of hydrogen-bond acceptors (Lipinski definition) is 3. The average molecular weight is 366 g/mol. The fourth-order valence-corrected chi connectivity index (χ4v) is 3.92. The third-order valence-electron chi connectivity index (χ3n) is 5.09. The molecule has 1 aromatic carbocycles. The molecule has 1 atom stereocenters. The van der Waals surface area contributed by atoms with Crippen LogP contribution in [-0.2, 0) is 24.2 Å². The molecule has 7 heteroatoms. The third-order valence-corrected chi connectivity index (χ3v) is 5.09. The summed E-state index contributed by atoms with van der Waals surface area (Å²) in [5, 5.41) is 14.1. The van der Waals surface area contributed by atoms with Crippen molar-refractivity contribution in [1.29, 1.82) is 0 Å². The van der Waals surface area contributed by atoms with Crippen molar-refractivity contribution in [1.82, 2.24) is 14.7 Å². The molecule has 134 valence electrons. The fraction of sp³-hybridized carbons (Fsp3) is 0.444. The molecule has 2 aromatic rings. The standard InChI is InChI=1S/C18H20FN3O2.ClH/c19-12-6-8-13(9-7-12)22-16-4-1-3-14(16)15(20-22)11-21-10-2-5-17(21)18(23)24;/h6-9,17H,1-5,10-11H2,(H,23,24);1H/t17-;/m1./s1. The van der Waals surface area contributed by atoms with Gasteiger partial charge >= 0.3 is 5.97 Å². The molecule has 5 nitrogen and oxygen atoms in total. The highest BCUT2D eigenvalue weighted by molar-refractivity contribution is 5.85. The van der Waals surface area contributed by atoms with Gasteiger partial charge in [0.1, 0.15) is 11.9 Å². The molecule has 1 fully saturated rings. The van der Waals surface area contributed by atoms with Gasteiger partial charge in [-0.25, -0.2) is 9.07 Å². The molecule has 0 radical (unpaired) electrons. The molecule has 1 saturated heterocycles. The molecule has 2 aliphatic rings. The first-order chi connectivity index (χ1) is 11.6. The summed E-state index contributed by atoms with van der Waals surface area (Å²) in [5.41, 5.74) is 4.26. The van der Waals surface area contributed by atoms with E-state index in [9.17, 15) is 14.3 Å². The zero-order valence-electron chi connectivity index (χ0n) is 13.8. The van der Waals surface area contributed by atoms with Gasteiger partial charge in [-0.1, -0.05) is 0 Å². The van der Waals surface area contributed by atoms with Crippen LogP contribution in [0.5, 0.6) is 0 Å². The van der Waals surface area contributed by atoms with E-state index < -0.39 is 12.0 Å². The molecule has 25 heavy (non-hydrogen) atoms. The lowest BCUT2D eigenvalue weighted by Crippen LogP contribution is -2.35. The fourth-order valence-electron chi connectivity index (χ4n) is 3.92. The number of hydrogen-bond donors (Lipinski definition) is 1. The summed E-state index contributed by atoms with van der Waals surface area (Å²) in [7, 11) is 0. The highest BCUT2D eigenvalue weighted by Crippen LogP contribution is 2.30. The molecule has 2 heterocycles. The van der Waals surface area contributed by atoms with Gasteiger partial charge in [0, 0.05) is 12.2 Å². The van der Waals surface area contributed by atoms with Gasteiger partial charge in [0.2, 0.25) is 0 Å². The number of rotatable bonds is 4. The average Bonchev–Trinajstić information content (AvgIpc) is 3.26. The summed E-state index contributed by atoms with van der Waals surface area (Å²) >= 11 is 0. The van der Waals surface area contributed by atoms with E-state index in [4.69, 9.17) is 5.10 Å². The van der Waals surface area contributed by atoms with Crippen LogP contribution < -0.4 is 0 Å². The smallest absolute Gasteiger partial charge is 0.320 e. The van der Waals surface area contributed by atoms with Crippen molar-refractivity contribution in [3.8, 4) is 5.69 Å². The Morgan fingerprint density at radius 2 is 2.00 bits per heavy atom. The van der Waals surface area contributed by atoms with E-state index in [1.807, 2.05) is 9.58 Å². The van der Waals surface area contributed by atoms with Gasteiger partial charge in [-0.2, -0.15) is 5.10 Å². The molecule has 0 unspecified atom stereocenters. The zero-order valence-corrected chi connectivity index (χ0v) is 14.6. The Kier molecular flexibility index (Phi) is 5.11. The lowest BCUT2D eigenvalue weighted by atomic mass is 10.1. The minimum atomic E-state index is -0.748. The van der Waals surface area contributed by atoms with E-state index in [0.717, 1.165) is 43.6 Å². The van der Waals surface area contributed by atoms with Gasteiger partial charge in [0.05, 0.1) is 11.4 Å². The number of likely N-dealkylation sites (tertiary alicyclic amines) is 1. The molecule has 0 amide bonds. The van der Waals surface area contributed by atoms with Gasteiger partial charge in [0.25, 0.3) is 0 Å². The molecular formula is C18H21ClFN3O2. The van der Waals surface area contributed by atoms with E-state index in [2.05, 4.69) is 0 Å². The van der Waals surface area contributed by atoms with Crippen LogP contribution in [-0.4, -0.2) is 38.3 Å². The van der Waals surface area contributed by atoms with Crippen molar-refractivity contribution in [2.75, 3.05) is 6.54 Å². The van der Waals surface area contributed by atoms with E-state index in [-0.39, 0.29) is 18.2 Å². The Labute approximate surface area is 151 Å². The van der Waals surface area contributed by atoms with Crippen molar-refractivity contribution in [2.45, 2.75) is 44.7 Å². The number of aliphatic carboxylic acids is 1. The number of carboxylic acids is 1. The molecule has 4 rings (SSSR count). The predicted molar refractivity (Wildman–Crippen MR) is 93.9 cm³/mol.